The Hall–Kier alpha value is -2.09. The molecule has 0 radical (unpaired) electrons. The van der Waals surface area contributed by atoms with E-state index < -0.39 is 0 Å². The Morgan fingerprint density at radius 1 is 1.57 bits per heavy atom. The van der Waals surface area contributed by atoms with E-state index >= 15 is 0 Å². The van der Waals surface area contributed by atoms with Gasteiger partial charge in [-0.1, -0.05) is 18.3 Å². The number of anilines is 3. The van der Waals surface area contributed by atoms with Gasteiger partial charge in [0.15, 0.2) is 5.13 Å². The Morgan fingerprint density at radius 3 is 3.00 bits per heavy atom. The van der Waals surface area contributed by atoms with E-state index in [1.54, 1.807) is 10.9 Å². The molecule has 21 heavy (non-hydrogen) atoms. The molecule has 0 saturated heterocycles. The molecule has 1 aliphatic carbocycles. The maximum Gasteiger partial charge on any atom is 0.269 e. The van der Waals surface area contributed by atoms with Gasteiger partial charge in [-0.05, 0) is 19.3 Å². The fourth-order valence-corrected chi connectivity index (χ4v) is 2.89. The van der Waals surface area contributed by atoms with Gasteiger partial charge >= 0.3 is 0 Å². The summed E-state index contributed by atoms with van der Waals surface area (Å²) in [7, 11) is 1.83. The van der Waals surface area contributed by atoms with Gasteiger partial charge in [-0.2, -0.15) is 5.10 Å². The van der Waals surface area contributed by atoms with Crippen molar-refractivity contribution in [1.29, 1.82) is 0 Å². The Balaban J connectivity index is 1.76. The lowest BCUT2D eigenvalue weighted by molar-refractivity contribution is 0.103. The molecule has 3 rings (SSSR count). The lowest BCUT2D eigenvalue weighted by atomic mass is 10.3. The van der Waals surface area contributed by atoms with Crippen LogP contribution in [0.4, 0.5) is 16.6 Å². The van der Waals surface area contributed by atoms with E-state index in [0.29, 0.717) is 16.1 Å². The van der Waals surface area contributed by atoms with Crippen molar-refractivity contribution in [3.05, 3.63) is 16.8 Å². The van der Waals surface area contributed by atoms with Crippen LogP contribution in [0.2, 0.25) is 0 Å². The van der Waals surface area contributed by atoms with Crippen molar-refractivity contribution in [2.24, 2.45) is 7.05 Å². The Labute approximate surface area is 126 Å². The molecule has 7 nitrogen and oxygen atoms in total. The molecule has 1 aliphatic rings. The summed E-state index contributed by atoms with van der Waals surface area (Å²) < 4.78 is 1.69. The second-order valence-corrected chi connectivity index (χ2v) is 6.12. The highest BCUT2D eigenvalue weighted by Gasteiger charge is 2.24. The lowest BCUT2D eigenvalue weighted by Crippen LogP contribution is -2.12. The first kappa shape index (κ1) is 13.9. The fraction of sp³-hybridized carbons (Fsp3) is 0.462. The van der Waals surface area contributed by atoms with Gasteiger partial charge in [-0.25, -0.2) is 4.98 Å². The molecule has 1 saturated carbocycles. The van der Waals surface area contributed by atoms with Crippen LogP contribution in [0.25, 0.3) is 0 Å². The van der Waals surface area contributed by atoms with E-state index in [4.69, 9.17) is 5.73 Å². The van der Waals surface area contributed by atoms with Crippen molar-refractivity contribution in [1.82, 2.24) is 14.8 Å². The third kappa shape index (κ3) is 2.99. The maximum absolute atomic E-state index is 12.3. The predicted molar refractivity (Wildman–Crippen MR) is 83.7 cm³/mol. The zero-order valence-electron chi connectivity index (χ0n) is 12.0. The van der Waals surface area contributed by atoms with Gasteiger partial charge in [-0.15, -0.1) is 0 Å². The van der Waals surface area contributed by atoms with Gasteiger partial charge in [0.25, 0.3) is 5.91 Å². The minimum Gasteiger partial charge on any atom is -0.382 e. The topological polar surface area (TPSA) is 97.9 Å². The van der Waals surface area contributed by atoms with Gasteiger partial charge in [0, 0.05) is 19.3 Å². The minimum atomic E-state index is -0.239. The van der Waals surface area contributed by atoms with E-state index in [2.05, 4.69) is 20.7 Å². The van der Waals surface area contributed by atoms with Crippen molar-refractivity contribution in [3.63, 3.8) is 0 Å². The van der Waals surface area contributed by atoms with Gasteiger partial charge in [0.2, 0.25) is 0 Å². The first-order valence-electron chi connectivity index (χ1n) is 6.93. The molecular formula is C13H18N6OS. The van der Waals surface area contributed by atoms with Gasteiger partial charge in [0.1, 0.15) is 10.7 Å². The largest absolute Gasteiger partial charge is 0.382 e. The number of hydrogen-bond donors (Lipinski definition) is 3. The molecule has 0 unspecified atom stereocenters. The van der Waals surface area contributed by atoms with Crippen LogP contribution >= 0.6 is 11.3 Å². The molecule has 1 fully saturated rings. The molecule has 4 N–H and O–H groups in total. The maximum atomic E-state index is 12.3. The molecule has 0 spiro atoms. The Kier molecular flexibility index (Phi) is 3.54. The van der Waals surface area contributed by atoms with Crippen LogP contribution < -0.4 is 16.4 Å². The summed E-state index contributed by atoms with van der Waals surface area (Å²) in [5.41, 5.74) is 7.41. The fourth-order valence-electron chi connectivity index (χ4n) is 2.04. The van der Waals surface area contributed by atoms with Crippen LogP contribution in [0.15, 0.2) is 6.20 Å². The van der Waals surface area contributed by atoms with Crippen LogP contribution in [0, 0.1) is 0 Å². The highest BCUT2D eigenvalue weighted by atomic mass is 32.1. The summed E-state index contributed by atoms with van der Waals surface area (Å²) in [4.78, 5) is 17.0. The van der Waals surface area contributed by atoms with Crippen molar-refractivity contribution in [2.75, 3.05) is 16.4 Å². The standard InChI is InChI=1S/C13H18N6OS/c1-3-8-9(6-19(2)18-8)16-12(20)10-11(14)17-13(21-10)15-7-4-5-7/h6-7H,3-5,14H2,1-2H3,(H,15,17)(H,16,20). The summed E-state index contributed by atoms with van der Waals surface area (Å²) in [6, 6.07) is 0.483. The number of rotatable bonds is 5. The van der Waals surface area contributed by atoms with Gasteiger partial charge in [0.05, 0.1) is 11.4 Å². The predicted octanol–water partition coefficient (Wildman–Crippen LogP) is 1.85. The molecule has 1 amide bonds. The van der Waals surface area contributed by atoms with E-state index in [-0.39, 0.29) is 11.7 Å². The third-order valence-electron chi connectivity index (χ3n) is 3.25. The van der Waals surface area contributed by atoms with E-state index in [9.17, 15) is 4.79 Å². The average Bonchev–Trinajstić information content (AvgIpc) is 3.06. The summed E-state index contributed by atoms with van der Waals surface area (Å²) in [5.74, 6) is 0.0270. The Morgan fingerprint density at radius 2 is 2.33 bits per heavy atom. The van der Waals surface area contributed by atoms with Crippen molar-refractivity contribution in [3.8, 4) is 0 Å². The molecule has 8 heteroatoms. The lowest BCUT2D eigenvalue weighted by Gasteiger charge is -2.02. The van der Waals surface area contributed by atoms with Crippen LogP contribution in [0.5, 0.6) is 0 Å². The second-order valence-electron chi connectivity index (χ2n) is 5.12. The highest BCUT2D eigenvalue weighted by Crippen LogP contribution is 2.31. The summed E-state index contributed by atoms with van der Waals surface area (Å²) in [6.45, 7) is 2.00. The van der Waals surface area contributed by atoms with Crippen LogP contribution in [0.1, 0.15) is 35.1 Å². The van der Waals surface area contributed by atoms with Gasteiger partial charge < -0.3 is 16.4 Å². The molecule has 2 aromatic heterocycles. The third-order valence-corrected chi connectivity index (χ3v) is 4.25. The average molecular weight is 306 g/mol. The number of carbonyl (C=O) groups is 1. The van der Waals surface area contributed by atoms with E-state index in [0.717, 1.165) is 30.6 Å². The first-order valence-corrected chi connectivity index (χ1v) is 7.75. The second kappa shape index (κ2) is 5.36. The number of hydrogen-bond acceptors (Lipinski definition) is 6. The van der Waals surface area contributed by atoms with Gasteiger partial charge in [-0.3, -0.25) is 9.48 Å². The summed E-state index contributed by atoms with van der Waals surface area (Å²) >= 11 is 1.29. The van der Waals surface area contributed by atoms with Crippen molar-refractivity contribution < 1.29 is 4.79 Å². The van der Waals surface area contributed by atoms with E-state index in [1.165, 1.54) is 11.3 Å². The minimum absolute atomic E-state index is 0.239. The van der Waals surface area contributed by atoms with Crippen molar-refractivity contribution >= 4 is 33.9 Å². The van der Waals surface area contributed by atoms with Crippen LogP contribution in [0.3, 0.4) is 0 Å². The molecular weight excluding hydrogens is 288 g/mol. The number of amides is 1. The molecule has 0 bridgehead atoms. The van der Waals surface area contributed by atoms with E-state index in [1.807, 2.05) is 14.0 Å². The molecule has 2 heterocycles. The van der Waals surface area contributed by atoms with Crippen LogP contribution in [-0.2, 0) is 13.5 Å². The van der Waals surface area contributed by atoms with Crippen LogP contribution in [-0.4, -0.2) is 26.7 Å². The smallest absolute Gasteiger partial charge is 0.269 e. The summed E-state index contributed by atoms with van der Waals surface area (Å²) in [5, 5.41) is 11.1. The first-order chi connectivity index (χ1) is 10.1. The number of nitrogens with one attached hydrogen (secondary N) is 2. The number of aryl methyl sites for hydroxylation is 2. The SMILES string of the molecule is CCc1nn(C)cc1NC(=O)c1sc(NC2CC2)nc1N. The molecule has 0 aliphatic heterocycles. The normalized spacial score (nSPS) is 14.2. The number of thiazole rings is 1. The molecule has 0 atom stereocenters. The monoisotopic (exact) mass is 306 g/mol. The van der Waals surface area contributed by atoms with Crippen molar-refractivity contribution in [2.45, 2.75) is 32.2 Å². The number of carbonyl (C=O) groups excluding carboxylic acids is 1. The molecule has 2 aromatic rings. The highest BCUT2D eigenvalue weighted by molar-refractivity contribution is 7.18. The number of nitrogens with two attached hydrogens (primary N) is 1. The quantitative estimate of drug-likeness (QED) is 0.783. The molecule has 0 aromatic carbocycles. The zero-order chi connectivity index (χ0) is 15.0. The zero-order valence-corrected chi connectivity index (χ0v) is 12.8. The number of aromatic nitrogens is 3. The number of nitrogens with zero attached hydrogens (tertiary/aromatic N) is 3. The molecule has 112 valence electrons. The number of nitrogen functional groups attached to an aromatic ring is 1. The summed E-state index contributed by atoms with van der Waals surface area (Å²) in [6.07, 6.45) is 4.84. The Bertz CT molecular complexity index is 672.